The molecule has 1 atom stereocenters. The molecule has 0 saturated heterocycles. The first-order valence-corrected chi connectivity index (χ1v) is 6.96. The summed E-state index contributed by atoms with van der Waals surface area (Å²) in [5, 5.41) is -0.143. The van der Waals surface area contributed by atoms with E-state index in [2.05, 4.69) is 33.3 Å². The maximum absolute atomic E-state index is 11.4. The molecule has 1 aromatic heterocycles. The summed E-state index contributed by atoms with van der Waals surface area (Å²) in [4.78, 5) is 11.4. The number of furan rings is 1. The van der Waals surface area contributed by atoms with Gasteiger partial charge in [-0.25, -0.2) is 4.79 Å². The van der Waals surface area contributed by atoms with Gasteiger partial charge in [-0.2, -0.15) is 12.6 Å². The Kier molecular flexibility index (Phi) is 4.37. The van der Waals surface area contributed by atoms with Gasteiger partial charge in [-0.1, -0.05) is 28.1 Å². The maximum Gasteiger partial charge on any atom is 0.373 e. The molecular weight excluding hydrogens is 328 g/mol. The zero-order valence-electron chi connectivity index (χ0n) is 10.5. The fraction of sp³-hybridized carbons (Fsp3) is 0.214. The van der Waals surface area contributed by atoms with Crippen LogP contribution >= 0.6 is 28.6 Å². The van der Waals surface area contributed by atoms with Crippen molar-refractivity contribution in [3.8, 4) is 0 Å². The lowest BCUT2D eigenvalue weighted by molar-refractivity contribution is 0.0563. The van der Waals surface area contributed by atoms with E-state index < -0.39 is 5.97 Å². The largest absolute Gasteiger partial charge is 0.463 e. The molecule has 1 unspecified atom stereocenters. The molecule has 0 N–H and O–H groups in total. The summed E-state index contributed by atoms with van der Waals surface area (Å²) in [5.41, 5.74) is 1.90. The van der Waals surface area contributed by atoms with Gasteiger partial charge >= 0.3 is 5.97 Å². The first-order chi connectivity index (χ1) is 9.02. The fourth-order valence-corrected chi connectivity index (χ4v) is 2.49. The molecule has 0 saturated carbocycles. The van der Waals surface area contributed by atoms with Crippen LogP contribution in [0.5, 0.6) is 0 Å². The van der Waals surface area contributed by atoms with Gasteiger partial charge in [0.2, 0.25) is 5.76 Å². The molecule has 1 aromatic carbocycles. The van der Waals surface area contributed by atoms with Gasteiger partial charge in [0.1, 0.15) is 5.76 Å². The van der Waals surface area contributed by atoms with Crippen LogP contribution in [0.15, 0.2) is 39.2 Å². The lowest BCUT2D eigenvalue weighted by Gasteiger charge is -2.10. The zero-order valence-corrected chi connectivity index (χ0v) is 13.0. The monoisotopic (exact) mass is 340 g/mol. The number of aryl methyl sites for hydroxylation is 1. The predicted octanol–water partition coefficient (Wildman–Crippen LogP) is 4.16. The van der Waals surface area contributed by atoms with Gasteiger partial charge in [0.25, 0.3) is 0 Å². The number of carbonyl (C=O) groups is 1. The molecule has 19 heavy (non-hydrogen) atoms. The number of rotatable bonds is 3. The van der Waals surface area contributed by atoms with Crippen LogP contribution in [0.4, 0.5) is 0 Å². The third kappa shape index (κ3) is 3.04. The summed E-state index contributed by atoms with van der Waals surface area (Å²) in [6, 6.07) is 9.54. The summed E-state index contributed by atoms with van der Waals surface area (Å²) >= 11 is 7.99. The fourth-order valence-electron chi connectivity index (χ4n) is 1.79. The topological polar surface area (TPSA) is 39.4 Å². The second-order valence-electron chi connectivity index (χ2n) is 4.07. The van der Waals surface area contributed by atoms with Gasteiger partial charge in [0.15, 0.2) is 0 Å². The Bertz CT molecular complexity index is 589. The van der Waals surface area contributed by atoms with E-state index >= 15 is 0 Å². The molecule has 0 fully saturated rings. The molecule has 0 spiro atoms. The Labute approximate surface area is 125 Å². The van der Waals surface area contributed by atoms with E-state index in [1.807, 2.05) is 31.2 Å². The van der Waals surface area contributed by atoms with E-state index in [0.29, 0.717) is 5.76 Å². The summed E-state index contributed by atoms with van der Waals surface area (Å²) in [7, 11) is 1.33. The number of hydrogen-bond donors (Lipinski definition) is 1. The number of benzene rings is 1. The van der Waals surface area contributed by atoms with Gasteiger partial charge in [0, 0.05) is 10.0 Å². The van der Waals surface area contributed by atoms with Crippen molar-refractivity contribution in [2.24, 2.45) is 0 Å². The van der Waals surface area contributed by atoms with Gasteiger partial charge in [-0.3, -0.25) is 0 Å². The lowest BCUT2D eigenvalue weighted by Crippen LogP contribution is -1.98. The molecular formula is C14H13BrO3S. The van der Waals surface area contributed by atoms with Crippen molar-refractivity contribution in [2.75, 3.05) is 7.11 Å². The van der Waals surface area contributed by atoms with E-state index in [9.17, 15) is 4.79 Å². The van der Waals surface area contributed by atoms with Crippen molar-refractivity contribution in [1.82, 2.24) is 0 Å². The zero-order chi connectivity index (χ0) is 14.0. The highest BCUT2D eigenvalue weighted by atomic mass is 79.9. The van der Waals surface area contributed by atoms with Gasteiger partial charge in [-0.15, -0.1) is 0 Å². The molecule has 0 radical (unpaired) electrons. The number of hydrogen-bond acceptors (Lipinski definition) is 4. The van der Waals surface area contributed by atoms with Crippen LogP contribution in [0.1, 0.15) is 32.7 Å². The third-order valence-electron chi connectivity index (χ3n) is 2.82. The Hall–Kier alpha value is -1.20. The average molecular weight is 341 g/mol. The van der Waals surface area contributed by atoms with E-state index in [0.717, 1.165) is 15.6 Å². The third-order valence-corrected chi connectivity index (χ3v) is 3.93. The second kappa shape index (κ2) is 5.84. The molecule has 0 bridgehead atoms. The van der Waals surface area contributed by atoms with Crippen LogP contribution in [0.2, 0.25) is 0 Å². The van der Waals surface area contributed by atoms with Crippen molar-refractivity contribution in [3.05, 3.63) is 57.5 Å². The minimum atomic E-state index is -0.481. The van der Waals surface area contributed by atoms with Gasteiger partial charge < -0.3 is 9.15 Å². The number of methoxy groups -OCH3 is 1. The molecule has 100 valence electrons. The second-order valence-corrected chi connectivity index (χ2v) is 5.50. The number of halogens is 1. The minimum absolute atomic E-state index is 0.143. The Morgan fingerprint density at radius 2 is 2.00 bits per heavy atom. The van der Waals surface area contributed by atoms with Crippen molar-refractivity contribution in [3.63, 3.8) is 0 Å². The molecule has 0 aliphatic rings. The lowest BCUT2D eigenvalue weighted by atomic mass is 10.0. The van der Waals surface area contributed by atoms with Gasteiger partial charge in [-0.05, 0) is 30.7 Å². The van der Waals surface area contributed by atoms with Crippen LogP contribution in [0, 0.1) is 6.92 Å². The standard InChI is InChI=1S/C14H13BrO3S/c1-8-11(7-12(18-8)14(16)17-2)13(19)9-3-5-10(15)6-4-9/h3-7,13,19H,1-2H3. The van der Waals surface area contributed by atoms with Gasteiger partial charge in [0.05, 0.1) is 12.4 Å². The normalized spacial score (nSPS) is 12.2. The molecule has 3 nitrogen and oxygen atoms in total. The van der Waals surface area contributed by atoms with Crippen LogP contribution in [0.3, 0.4) is 0 Å². The first kappa shape index (κ1) is 14.2. The highest BCUT2D eigenvalue weighted by Gasteiger charge is 2.20. The molecule has 2 rings (SSSR count). The highest BCUT2D eigenvalue weighted by molar-refractivity contribution is 9.10. The van der Waals surface area contributed by atoms with Crippen LogP contribution in [0.25, 0.3) is 0 Å². The smallest absolute Gasteiger partial charge is 0.373 e. The SMILES string of the molecule is COC(=O)c1cc(C(S)c2ccc(Br)cc2)c(C)o1. The average Bonchev–Trinajstić information content (AvgIpc) is 2.80. The van der Waals surface area contributed by atoms with Crippen molar-refractivity contribution >= 4 is 34.5 Å². The Morgan fingerprint density at radius 3 is 2.58 bits per heavy atom. The highest BCUT2D eigenvalue weighted by Crippen LogP contribution is 2.33. The van der Waals surface area contributed by atoms with E-state index in [4.69, 9.17) is 4.42 Å². The quantitative estimate of drug-likeness (QED) is 0.673. The van der Waals surface area contributed by atoms with E-state index in [1.54, 1.807) is 6.07 Å². The summed E-state index contributed by atoms with van der Waals surface area (Å²) in [6.07, 6.45) is 0. The molecule has 0 aliphatic heterocycles. The Morgan fingerprint density at radius 1 is 1.37 bits per heavy atom. The van der Waals surface area contributed by atoms with Crippen LogP contribution < -0.4 is 0 Å². The maximum atomic E-state index is 11.4. The number of esters is 1. The van der Waals surface area contributed by atoms with Crippen molar-refractivity contribution in [2.45, 2.75) is 12.2 Å². The van der Waals surface area contributed by atoms with Crippen molar-refractivity contribution in [1.29, 1.82) is 0 Å². The van der Waals surface area contributed by atoms with E-state index in [-0.39, 0.29) is 11.0 Å². The summed E-state index contributed by atoms with van der Waals surface area (Å²) in [6.45, 7) is 1.81. The molecule has 5 heteroatoms. The number of carbonyl (C=O) groups excluding carboxylic acids is 1. The predicted molar refractivity (Wildman–Crippen MR) is 79.8 cm³/mol. The van der Waals surface area contributed by atoms with Crippen molar-refractivity contribution < 1.29 is 13.9 Å². The van der Waals surface area contributed by atoms with Crippen LogP contribution in [-0.4, -0.2) is 13.1 Å². The first-order valence-electron chi connectivity index (χ1n) is 5.65. The summed E-state index contributed by atoms with van der Waals surface area (Å²) in [5.74, 6) is 0.389. The Balaban J connectivity index is 2.33. The minimum Gasteiger partial charge on any atom is -0.463 e. The summed E-state index contributed by atoms with van der Waals surface area (Å²) < 4.78 is 11.1. The molecule has 2 aromatic rings. The number of ether oxygens (including phenoxy) is 1. The number of thiol groups is 1. The molecule has 1 heterocycles. The van der Waals surface area contributed by atoms with E-state index in [1.165, 1.54) is 7.11 Å². The molecule has 0 aliphatic carbocycles. The van der Waals surface area contributed by atoms with Crippen LogP contribution in [-0.2, 0) is 4.74 Å². The molecule has 0 amide bonds.